The van der Waals surface area contributed by atoms with E-state index < -0.39 is 4.92 Å². The number of imidazole rings is 1. The second kappa shape index (κ2) is 6.30. The zero-order valence-corrected chi connectivity index (χ0v) is 12.9. The first-order valence-corrected chi connectivity index (χ1v) is 7.51. The summed E-state index contributed by atoms with van der Waals surface area (Å²) in [6.07, 6.45) is 1.96. The van der Waals surface area contributed by atoms with E-state index in [0.717, 1.165) is 12.8 Å². The third-order valence-electron chi connectivity index (χ3n) is 4.09. The van der Waals surface area contributed by atoms with E-state index in [9.17, 15) is 10.1 Å². The monoisotopic (exact) mass is 310 g/mol. The average Bonchev–Trinajstić information content (AvgIpc) is 2.91. The van der Waals surface area contributed by atoms with E-state index in [-0.39, 0.29) is 11.1 Å². The van der Waals surface area contributed by atoms with Gasteiger partial charge in [0.05, 0.1) is 16.0 Å². The number of nitrogens with one attached hydrogen (secondary N) is 2. The fraction of sp³-hybridized carbons (Fsp3) is 0.500. The van der Waals surface area contributed by atoms with Gasteiger partial charge in [-0.2, -0.15) is 0 Å². The van der Waals surface area contributed by atoms with E-state index >= 15 is 0 Å². The highest BCUT2D eigenvalue weighted by Gasteiger charge is 2.25. The molecule has 0 saturated heterocycles. The van der Waals surface area contributed by atoms with E-state index in [0.29, 0.717) is 29.4 Å². The zero-order chi connectivity index (χ0) is 15.5. The summed E-state index contributed by atoms with van der Waals surface area (Å²) in [5.74, 6) is 1.19. The molecule has 0 fully saturated rings. The fourth-order valence-corrected chi connectivity index (χ4v) is 2.67. The predicted octanol–water partition coefficient (Wildman–Crippen LogP) is 3.93. The molecule has 1 aromatic carbocycles. The highest BCUT2D eigenvalue weighted by atomic mass is 35.5. The van der Waals surface area contributed by atoms with E-state index in [1.165, 1.54) is 12.1 Å². The van der Waals surface area contributed by atoms with Crippen molar-refractivity contribution in [2.75, 3.05) is 17.7 Å². The Morgan fingerprint density at radius 1 is 1.43 bits per heavy atom. The number of rotatable bonds is 7. The number of alkyl halides is 1. The molecule has 0 amide bonds. The summed E-state index contributed by atoms with van der Waals surface area (Å²) < 4.78 is 0. The van der Waals surface area contributed by atoms with Crippen LogP contribution in [0.2, 0.25) is 0 Å². The summed E-state index contributed by atoms with van der Waals surface area (Å²) in [4.78, 5) is 17.8. The molecule has 0 aliphatic carbocycles. The number of fused-ring (bicyclic) bond motifs is 1. The molecule has 2 rings (SSSR count). The average molecular weight is 311 g/mol. The van der Waals surface area contributed by atoms with E-state index in [2.05, 4.69) is 29.1 Å². The molecule has 1 heterocycles. The Balaban J connectivity index is 2.18. The molecular weight excluding hydrogens is 292 g/mol. The summed E-state index contributed by atoms with van der Waals surface area (Å²) >= 11 is 6.08. The third kappa shape index (κ3) is 3.26. The number of hydrogen-bond acceptors (Lipinski definition) is 4. The van der Waals surface area contributed by atoms with Crippen molar-refractivity contribution in [2.45, 2.75) is 26.7 Å². The maximum atomic E-state index is 10.8. The minimum atomic E-state index is -0.417. The topological polar surface area (TPSA) is 83.8 Å². The number of aromatic nitrogens is 2. The molecule has 0 unspecified atom stereocenters. The first-order chi connectivity index (χ1) is 10.0. The van der Waals surface area contributed by atoms with Crippen LogP contribution in [0.3, 0.4) is 0 Å². The molecule has 0 atom stereocenters. The summed E-state index contributed by atoms with van der Waals surface area (Å²) in [6, 6.07) is 4.58. The van der Waals surface area contributed by atoms with Gasteiger partial charge in [0.1, 0.15) is 0 Å². The Bertz CT molecular complexity index is 629. The summed E-state index contributed by atoms with van der Waals surface area (Å²) in [5.41, 5.74) is 1.44. The molecule has 7 heteroatoms. The minimum absolute atomic E-state index is 0.0343. The molecule has 2 aromatic rings. The van der Waals surface area contributed by atoms with Gasteiger partial charge < -0.3 is 10.3 Å². The molecular formula is C14H19ClN4O2. The van der Waals surface area contributed by atoms with Crippen LogP contribution >= 0.6 is 11.6 Å². The lowest BCUT2D eigenvalue weighted by atomic mass is 9.84. The molecule has 0 aliphatic heterocycles. The van der Waals surface area contributed by atoms with Gasteiger partial charge in [0, 0.05) is 30.0 Å². The number of nitro benzene ring substituents is 1. The van der Waals surface area contributed by atoms with Crippen molar-refractivity contribution in [3.63, 3.8) is 0 Å². The smallest absolute Gasteiger partial charge is 0.271 e. The van der Waals surface area contributed by atoms with E-state index in [1.807, 2.05) is 0 Å². The molecule has 2 N–H and O–H groups in total. The number of nitro groups is 1. The molecule has 6 nitrogen and oxygen atoms in total. The Morgan fingerprint density at radius 3 is 2.71 bits per heavy atom. The minimum Gasteiger partial charge on any atom is -0.355 e. The van der Waals surface area contributed by atoms with Gasteiger partial charge in [0.25, 0.3) is 5.69 Å². The Kier molecular flexibility index (Phi) is 4.67. The molecule has 0 radical (unpaired) electrons. The van der Waals surface area contributed by atoms with Crippen LogP contribution in [0.25, 0.3) is 11.0 Å². The van der Waals surface area contributed by atoms with Crippen LogP contribution in [-0.2, 0) is 0 Å². The number of aromatic amines is 1. The van der Waals surface area contributed by atoms with E-state index in [1.54, 1.807) is 6.07 Å². The van der Waals surface area contributed by atoms with Crippen molar-refractivity contribution < 1.29 is 4.92 Å². The number of halogens is 1. The highest BCUT2D eigenvalue weighted by Crippen LogP contribution is 2.28. The molecule has 21 heavy (non-hydrogen) atoms. The third-order valence-corrected chi connectivity index (χ3v) is 4.66. The van der Waals surface area contributed by atoms with Crippen molar-refractivity contribution in [1.82, 2.24) is 9.97 Å². The lowest BCUT2D eigenvalue weighted by Gasteiger charge is -2.29. The maximum Gasteiger partial charge on any atom is 0.271 e. The Labute approximate surface area is 128 Å². The molecule has 0 saturated carbocycles. The number of non-ortho nitro benzene ring substituents is 1. The molecule has 0 bridgehead atoms. The Morgan fingerprint density at radius 2 is 2.14 bits per heavy atom. The van der Waals surface area contributed by atoms with Gasteiger partial charge in [-0.3, -0.25) is 10.1 Å². The first-order valence-electron chi connectivity index (χ1n) is 6.97. The van der Waals surface area contributed by atoms with Gasteiger partial charge in [0.2, 0.25) is 5.95 Å². The normalized spacial score (nSPS) is 11.8. The lowest BCUT2D eigenvalue weighted by Crippen LogP contribution is -2.30. The summed E-state index contributed by atoms with van der Waals surface area (Å²) in [5, 5.41) is 14.0. The Hall–Kier alpha value is -1.82. The summed E-state index contributed by atoms with van der Waals surface area (Å²) in [6.45, 7) is 4.95. The van der Waals surface area contributed by atoms with Crippen LogP contribution in [0.15, 0.2) is 18.2 Å². The van der Waals surface area contributed by atoms with Crippen molar-refractivity contribution in [3.8, 4) is 0 Å². The quantitative estimate of drug-likeness (QED) is 0.461. The molecule has 0 spiro atoms. The van der Waals surface area contributed by atoms with Crippen LogP contribution in [0.1, 0.15) is 26.7 Å². The zero-order valence-electron chi connectivity index (χ0n) is 12.1. The van der Waals surface area contributed by atoms with Crippen LogP contribution in [0.4, 0.5) is 11.6 Å². The van der Waals surface area contributed by atoms with Gasteiger partial charge >= 0.3 is 0 Å². The number of nitrogens with zero attached hydrogens (tertiary/aromatic N) is 2. The van der Waals surface area contributed by atoms with Crippen LogP contribution < -0.4 is 5.32 Å². The van der Waals surface area contributed by atoms with Gasteiger partial charge in [-0.1, -0.05) is 13.8 Å². The lowest BCUT2D eigenvalue weighted by molar-refractivity contribution is -0.384. The number of hydrogen-bond donors (Lipinski definition) is 2. The molecule has 0 aliphatic rings. The van der Waals surface area contributed by atoms with Crippen molar-refractivity contribution in [2.24, 2.45) is 5.41 Å². The van der Waals surface area contributed by atoms with Gasteiger partial charge in [-0.15, -0.1) is 11.6 Å². The van der Waals surface area contributed by atoms with Gasteiger partial charge in [0.15, 0.2) is 0 Å². The van der Waals surface area contributed by atoms with Crippen molar-refractivity contribution >= 4 is 34.3 Å². The first kappa shape index (κ1) is 15.6. The van der Waals surface area contributed by atoms with Crippen LogP contribution in [0.5, 0.6) is 0 Å². The SMILES string of the molecule is CCC(CC)(CCl)CNc1nc2ccc([N+](=O)[O-])cc2[nH]1. The largest absolute Gasteiger partial charge is 0.355 e. The van der Waals surface area contributed by atoms with Gasteiger partial charge in [-0.25, -0.2) is 4.98 Å². The van der Waals surface area contributed by atoms with Crippen LogP contribution in [0, 0.1) is 15.5 Å². The standard InChI is InChI=1S/C14H19ClN4O2/c1-3-14(4-2,8-15)9-16-13-17-11-6-5-10(19(20)21)7-12(11)18-13/h5-7H,3-4,8-9H2,1-2H3,(H2,16,17,18). The molecule has 114 valence electrons. The second-order valence-corrected chi connectivity index (χ2v) is 5.51. The van der Waals surface area contributed by atoms with E-state index in [4.69, 9.17) is 11.6 Å². The number of H-pyrrole nitrogens is 1. The maximum absolute atomic E-state index is 10.8. The van der Waals surface area contributed by atoms with Crippen molar-refractivity contribution in [1.29, 1.82) is 0 Å². The highest BCUT2D eigenvalue weighted by molar-refractivity contribution is 6.18. The summed E-state index contributed by atoms with van der Waals surface area (Å²) in [7, 11) is 0. The second-order valence-electron chi connectivity index (χ2n) is 5.24. The number of anilines is 1. The molecule has 1 aromatic heterocycles. The number of benzene rings is 1. The predicted molar refractivity (Wildman–Crippen MR) is 85.0 cm³/mol. The van der Waals surface area contributed by atoms with Crippen molar-refractivity contribution in [3.05, 3.63) is 28.3 Å². The fourth-order valence-electron chi connectivity index (χ4n) is 2.20. The van der Waals surface area contributed by atoms with Gasteiger partial charge in [-0.05, 0) is 18.9 Å². The van der Waals surface area contributed by atoms with Crippen LogP contribution in [-0.4, -0.2) is 27.3 Å².